The number of ether oxygens (including phenoxy) is 1. The van der Waals surface area contributed by atoms with Crippen molar-refractivity contribution in [2.75, 3.05) is 0 Å². The summed E-state index contributed by atoms with van der Waals surface area (Å²) in [5.41, 5.74) is 3.21. The molecule has 8 nitrogen and oxygen atoms in total. The van der Waals surface area contributed by atoms with Gasteiger partial charge in [0.15, 0.2) is 0 Å². The number of para-hydroxylation sites is 2. The van der Waals surface area contributed by atoms with Crippen molar-refractivity contribution in [2.45, 2.75) is 32.0 Å². The van der Waals surface area contributed by atoms with Gasteiger partial charge in [-0.15, -0.1) is 0 Å². The Labute approximate surface area is 172 Å². The number of hydrogen-bond acceptors (Lipinski definition) is 5. The van der Waals surface area contributed by atoms with Crippen LogP contribution in [0.25, 0.3) is 11.0 Å². The summed E-state index contributed by atoms with van der Waals surface area (Å²) in [6.45, 7) is 0.535. The number of benzene rings is 2. The number of imide groups is 1. The molecule has 1 atom stereocenters. The third kappa shape index (κ3) is 2.92. The molecule has 1 fully saturated rings. The molecule has 2 aliphatic rings. The predicted molar refractivity (Wildman–Crippen MR) is 108 cm³/mol. The molecular weight excluding hydrogens is 384 g/mol. The summed E-state index contributed by atoms with van der Waals surface area (Å²) < 4.78 is 8.04. The van der Waals surface area contributed by atoms with Crippen LogP contribution >= 0.6 is 0 Å². The highest BCUT2D eigenvalue weighted by molar-refractivity contribution is 6.05. The monoisotopic (exact) mass is 404 g/mol. The average Bonchev–Trinajstić information content (AvgIpc) is 3.24. The molecule has 3 amide bonds. The molecule has 152 valence electrons. The first-order valence-corrected chi connectivity index (χ1v) is 9.82. The Bertz CT molecular complexity index is 1200. The quantitative estimate of drug-likeness (QED) is 0.671. The molecule has 0 aliphatic carbocycles. The predicted octanol–water partition coefficient (Wildman–Crippen LogP) is 1.91. The van der Waals surface area contributed by atoms with Crippen molar-refractivity contribution in [1.82, 2.24) is 19.8 Å². The summed E-state index contributed by atoms with van der Waals surface area (Å²) in [4.78, 5) is 42.7. The Hall–Kier alpha value is -3.68. The van der Waals surface area contributed by atoms with Gasteiger partial charge in [-0.05, 0) is 30.7 Å². The number of carbonyl (C=O) groups excluding carboxylic acids is 3. The minimum atomic E-state index is -0.643. The molecule has 0 saturated carbocycles. The highest BCUT2D eigenvalue weighted by Gasteiger charge is 2.40. The molecule has 2 aromatic carbocycles. The van der Waals surface area contributed by atoms with Crippen LogP contribution in [0.2, 0.25) is 0 Å². The van der Waals surface area contributed by atoms with E-state index in [1.165, 1.54) is 4.90 Å². The van der Waals surface area contributed by atoms with Gasteiger partial charge in [0.2, 0.25) is 11.8 Å². The van der Waals surface area contributed by atoms with Gasteiger partial charge in [0.25, 0.3) is 5.91 Å². The number of aryl methyl sites for hydroxylation is 1. The van der Waals surface area contributed by atoms with Crippen LogP contribution in [-0.4, -0.2) is 38.2 Å². The Kier molecular flexibility index (Phi) is 4.27. The summed E-state index contributed by atoms with van der Waals surface area (Å²) in [6.07, 6.45) is 0.563. The number of hydrogen-bond donors (Lipinski definition) is 1. The zero-order chi connectivity index (χ0) is 20.8. The van der Waals surface area contributed by atoms with Crippen LogP contribution in [0.4, 0.5) is 0 Å². The second kappa shape index (κ2) is 6.98. The average molecular weight is 404 g/mol. The number of nitrogens with one attached hydrogen (secondary N) is 1. The molecule has 1 N–H and O–H groups in total. The number of rotatable bonds is 4. The van der Waals surface area contributed by atoms with Gasteiger partial charge in [-0.2, -0.15) is 0 Å². The van der Waals surface area contributed by atoms with Crippen molar-refractivity contribution >= 4 is 28.8 Å². The van der Waals surface area contributed by atoms with Crippen molar-refractivity contribution in [3.05, 3.63) is 59.4 Å². The van der Waals surface area contributed by atoms with E-state index < -0.39 is 11.9 Å². The van der Waals surface area contributed by atoms with Gasteiger partial charge in [0.05, 0.1) is 17.6 Å². The Balaban J connectivity index is 1.38. The minimum Gasteiger partial charge on any atom is -0.485 e. The number of nitrogens with zero attached hydrogens (tertiary/aromatic N) is 3. The molecule has 3 aromatic rings. The molecule has 5 rings (SSSR count). The third-order valence-electron chi connectivity index (χ3n) is 5.78. The summed E-state index contributed by atoms with van der Waals surface area (Å²) in [5.74, 6) is 0.442. The van der Waals surface area contributed by atoms with Crippen molar-refractivity contribution in [3.8, 4) is 5.75 Å². The van der Waals surface area contributed by atoms with Crippen LogP contribution in [0.1, 0.15) is 34.6 Å². The lowest BCUT2D eigenvalue weighted by Gasteiger charge is -2.29. The fourth-order valence-electron chi connectivity index (χ4n) is 4.16. The maximum absolute atomic E-state index is 12.9. The van der Waals surface area contributed by atoms with Crippen LogP contribution in [-0.2, 0) is 29.8 Å². The van der Waals surface area contributed by atoms with E-state index in [4.69, 9.17) is 4.74 Å². The van der Waals surface area contributed by atoms with Crippen LogP contribution < -0.4 is 10.1 Å². The van der Waals surface area contributed by atoms with Gasteiger partial charge in [0.1, 0.15) is 24.2 Å². The van der Waals surface area contributed by atoms with E-state index in [1.807, 2.05) is 41.9 Å². The molecule has 1 saturated heterocycles. The van der Waals surface area contributed by atoms with E-state index in [0.717, 1.165) is 22.4 Å². The first-order valence-electron chi connectivity index (χ1n) is 9.82. The zero-order valence-electron chi connectivity index (χ0n) is 16.4. The van der Waals surface area contributed by atoms with Gasteiger partial charge in [-0.3, -0.25) is 19.7 Å². The topological polar surface area (TPSA) is 93.5 Å². The Morgan fingerprint density at radius 3 is 2.77 bits per heavy atom. The van der Waals surface area contributed by atoms with Gasteiger partial charge in [0, 0.05) is 24.6 Å². The lowest BCUT2D eigenvalue weighted by molar-refractivity contribution is -0.136. The van der Waals surface area contributed by atoms with Crippen LogP contribution in [0.3, 0.4) is 0 Å². The smallest absolute Gasteiger partial charge is 0.255 e. The van der Waals surface area contributed by atoms with Crippen molar-refractivity contribution in [1.29, 1.82) is 0 Å². The number of aromatic nitrogens is 2. The summed E-state index contributed by atoms with van der Waals surface area (Å²) in [6, 6.07) is 12.6. The molecule has 0 spiro atoms. The number of imidazole rings is 1. The molecule has 1 unspecified atom stereocenters. The van der Waals surface area contributed by atoms with E-state index in [0.29, 0.717) is 17.7 Å². The fraction of sp³-hybridized carbons (Fsp3) is 0.273. The highest BCUT2D eigenvalue weighted by atomic mass is 16.5. The molecule has 30 heavy (non-hydrogen) atoms. The van der Waals surface area contributed by atoms with E-state index in [1.54, 1.807) is 12.1 Å². The Morgan fingerprint density at radius 2 is 1.97 bits per heavy atom. The molecule has 8 heteroatoms. The molecule has 2 aliphatic heterocycles. The second-order valence-electron chi connectivity index (χ2n) is 7.55. The SMILES string of the molecule is Cn1c(COc2cccc3c2CN(C2CCC(=O)NC2=O)C3=O)nc2ccccc21. The summed E-state index contributed by atoms with van der Waals surface area (Å²) in [5, 5.41) is 2.32. The molecule has 1 aromatic heterocycles. The standard InChI is InChI=1S/C22H20N4O4/c1-25-16-7-3-2-6-15(16)23-19(25)12-30-18-8-4-5-13-14(18)11-26(22(13)29)17-9-10-20(27)24-21(17)28/h2-8,17H,9-12H2,1H3,(H,24,27,28). The van der Waals surface area contributed by atoms with E-state index in [9.17, 15) is 14.4 Å². The van der Waals surface area contributed by atoms with E-state index in [2.05, 4.69) is 10.3 Å². The lowest BCUT2D eigenvalue weighted by atomic mass is 10.0. The minimum absolute atomic E-state index is 0.215. The van der Waals surface area contributed by atoms with Gasteiger partial charge >= 0.3 is 0 Å². The maximum atomic E-state index is 12.9. The second-order valence-corrected chi connectivity index (χ2v) is 7.55. The Morgan fingerprint density at radius 1 is 1.13 bits per heavy atom. The first-order chi connectivity index (χ1) is 14.5. The zero-order valence-corrected chi connectivity index (χ0v) is 16.4. The van der Waals surface area contributed by atoms with E-state index in [-0.39, 0.29) is 31.4 Å². The third-order valence-corrected chi connectivity index (χ3v) is 5.78. The number of piperidine rings is 1. The largest absolute Gasteiger partial charge is 0.485 e. The van der Waals surface area contributed by atoms with Crippen LogP contribution in [0.5, 0.6) is 5.75 Å². The first kappa shape index (κ1) is 18.4. The molecule has 3 heterocycles. The highest BCUT2D eigenvalue weighted by Crippen LogP contribution is 2.34. The molecule has 0 bridgehead atoms. The molecular formula is C22H20N4O4. The summed E-state index contributed by atoms with van der Waals surface area (Å²) >= 11 is 0. The lowest BCUT2D eigenvalue weighted by Crippen LogP contribution is -2.52. The van der Waals surface area contributed by atoms with Gasteiger partial charge in [-0.1, -0.05) is 18.2 Å². The van der Waals surface area contributed by atoms with Crippen LogP contribution in [0, 0.1) is 0 Å². The van der Waals surface area contributed by atoms with Crippen molar-refractivity contribution < 1.29 is 19.1 Å². The van der Waals surface area contributed by atoms with E-state index >= 15 is 0 Å². The van der Waals surface area contributed by atoms with Crippen molar-refractivity contribution in [2.24, 2.45) is 7.05 Å². The number of carbonyl (C=O) groups is 3. The summed E-state index contributed by atoms with van der Waals surface area (Å²) in [7, 11) is 1.94. The number of fused-ring (bicyclic) bond motifs is 2. The number of amides is 3. The van der Waals surface area contributed by atoms with Gasteiger partial charge < -0.3 is 14.2 Å². The van der Waals surface area contributed by atoms with Crippen LogP contribution in [0.15, 0.2) is 42.5 Å². The molecule has 0 radical (unpaired) electrons. The normalized spacial score (nSPS) is 18.6. The van der Waals surface area contributed by atoms with Gasteiger partial charge in [-0.25, -0.2) is 4.98 Å². The maximum Gasteiger partial charge on any atom is 0.255 e. The van der Waals surface area contributed by atoms with Crippen molar-refractivity contribution in [3.63, 3.8) is 0 Å². The fourth-order valence-corrected chi connectivity index (χ4v) is 4.16.